The molecule has 1 aliphatic rings. The molecule has 1 atom stereocenters. The fourth-order valence-electron chi connectivity index (χ4n) is 2.89. The van der Waals surface area contributed by atoms with Crippen molar-refractivity contribution in [1.82, 2.24) is 0 Å². The molecule has 0 spiro atoms. The Kier molecular flexibility index (Phi) is 6.89. The van der Waals surface area contributed by atoms with Crippen LogP contribution < -0.4 is 4.74 Å². The molecule has 0 saturated heterocycles. The Morgan fingerprint density at radius 2 is 2.00 bits per heavy atom. The highest BCUT2D eigenvalue weighted by atomic mass is 79.9. The first-order valence-corrected chi connectivity index (χ1v) is 9.48. The van der Waals surface area contributed by atoms with Crippen molar-refractivity contribution in [3.05, 3.63) is 28.2 Å². The summed E-state index contributed by atoms with van der Waals surface area (Å²) < 4.78 is 6.77. The van der Waals surface area contributed by atoms with Crippen LogP contribution in [0, 0.1) is 5.92 Å². The average molecular weight is 404 g/mol. The van der Waals surface area contributed by atoms with E-state index >= 15 is 0 Å². The molecule has 1 nitrogen and oxygen atoms in total. The summed E-state index contributed by atoms with van der Waals surface area (Å²) >= 11 is 7.50. The number of hydrogen-bond donors (Lipinski definition) is 0. The van der Waals surface area contributed by atoms with Crippen molar-refractivity contribution in [1.29, 1.82) is 0 Å². The monoisotopic (exact) mass is 402 g/mol. The third-order valence-electron chi connectivity index (χ3n) is 4.04. The van der Waals surface area contributed by atoms with E-state index in [4.69, 9.17) is 4.74 Å². The first-order valence-electron chi connectivity index (χ1n) is 7.77. The molecule has 0 bridgehead atoms. The molecule has 1 unspecified atom stereocenters. The summed E-state index contributed by atoms with van der Waals surface area (Å²) in [6.07, 6.45) is 9.36. The zero-order valence-electron chi connectivity index (χ0n) is 12.2. The van der Waals surface area contributed by atoms with Gasteiger partial charge < -0.3 is 4.74 Å². The predicted molar refractivity (Wildman–Crippen MR) is 92.8 cm³/mol. The van der Waals surface area contributed by atoms with Gasteiger partial charge in [-0.25, -0.2) is 0 Å². The van der Waals surface area contributed by atoms with Crippen LogP contribution in [0.4, 0.5) is 0 Å². The van der Waals surface area contributed by atoms with Crippen LogP contribution in [0.1, 0.15) is 62.3 Å². The Morgan fingerprint density at radius 3 is 2.65 bits per heavy atom. The van der Waals surface area contributed by atoms with Crippen molar-refractivity contribution in [2.45, 2.75) is 56.7 Å². The van der Waals surface area contributed by atoms with Gasteiger partial charge in [0.2, 0.25) is 0 Å². The van der Waals surface area contributed by atoms with Gasteiger partial charge >= 0.3 is 0 Å². The highest BCUT2D eigenvalue weighted by Gasteiger charge is 2.19. The molecule has 1 saturated carbocycles. The van der Waals surface area contributed by atoms with Crippen LogP contribution in [0.3, 0.4) is 0 Å². The Balaban J connectivity index is 1.95. The van der Waals surface area contributed by atoms with Crippen LogP contribution in [0.25, 0.3) is 0 Å². The molecule has 3 heteroatoms. The van der Waals surface area contributed by atoms with E-state index in [0.29, 0.717) is 4.83 Å². The molecule has 20 heavy (non-hydrogen) atoms. The van der Waals surface area contributed by atoms with Crippen molar-refractivity contribution in [3.8, 4) is 5.75 Å². The summed E-state index contributed by atoms with van der Waals surface area (Å²) in [5.74, 6) is 1.84. The van der Waals surface area contributed by atoms with Crippen LogP contribution in [0.2, 0.25) is 0 Å². The Hall–Kier alpha value is -0.0200. The van der Waals surface area contributed by atoms with Crippen molar-refractivity contribution in [2.75, 3.05) is 6.61 Å². The maximum absolute atomic E-state index is 5.71. The van der Waals surface area contributed by atoms with E-state index in [-0.39, 0.29) is 0 Å². The van der Waals surface area contributed by atoms with Crippen LogP contribution in [-0.2, 0) is 0 Å². The quantitative estimate of drug-likeness (QED) is 0.483. The number of halogens is 2. The minimum Gasteiger partial charge on any atom is -0.492 e. The second-order valence-corrected chi connectivity index (χ2v) is 7.71. The second kappa shape index (κ2) is 8.43. The lowest BCUT2D eigenvalue weighted by Gasteiger charge is -2.24. The maximum Gasteiger partial charge on any atom is 0.133 e. The first-order chi connectivity index (χ1) is 9.70. The van der Waals surface area contributed by atoms with E-state index < -0.39 is 0 Å². The van der Waals surface area contributed by atoms with Crippen molar-refractivity contribution in [3.63, 3.8) is 0 Å². The van der Waals surface area contributed by atoms with E-state index in [2.05, 4.69) is 57.0 Å². The Morgan fingerprint density at radius 1 is 1.25 bits per heavy atom. The molecule has 0 aromatic heterocycles. The molecule has 112 valence electrons. The third-order valence-corrected chi connectivity index (χ3v) is 5.57. The van der Waals surface area contributed by atoms with Crippen LogP contribution in [-0.4, -0.2) is 6.61 Å². The van der Waals surface area contributed by atoms with E-state index in [0.717, 1.165) is 29.2 Å². The predicted octanol–water partition coefficient (Wildman–Crippen LogP) is 6.64. The van der Waals surface area contributed by atoms with Crippen LogP contribution in [0.5, 0.6) is 5.75 Å². The number of hydrogen-bond acceptors (Lipinski definition) is 1. The SMILES string of the molecule is CCCOc1ccc(C(Br)CC2CCCCC2)cc1Br. The third kappa shape index (κ3) is 4.77. The number of alkyl halides is 1. The van der Waals surface area contributed by atoms with E-state index in [1.807, 2.05) is 0 Å². The summed E-state index contributed by atoms with van der Waals surface area (Å²) in [5, 5.41) is 0. The molecule has 0 aliphatic heterocycles. The molecule has 0 radical (unpaired) electrons. The molecule has 0 N–H and O–H groups in total. The molecule has 2 rings (SSSR count). The smallest absolute Gasteiger partial charge is 0.133 e. The topological polar surface area (TPSA) is 9.23 Å². The van der Waals surface area contributed by atoms with Crippen molar-refractivity contribution < 1.29 is 4.74 Å². The highest BCUT2D eigenvalue weighted by molar-refractivity contribution is 9.10. The number of benzene rings is 1. The van der Waals surface area contributed by atoms with Gasteiger partial charge in [-0.1, -0.05) is 61.0 Å². The normalized spacial score (nSPS) is 17.9. The van der Waals surface area contributed by atoms with Gasteiger partial charge in [0.25, 0.3) is 0 Å². The van der Waals surface area contributed by atoms with Gasteiger partial charge in [0.15, 0.2) is 0 Å². The van der Waals surface area contributed by atoms with E-state index in [1.165, 1.54) is 44.1 Å². The fraction of sp³-hybridized carbons (Fsp3) is 0.647. The van der Waals surface area contributed by atoms with Gasteiger partial charge in [0.05, 0.1) is 11.1 Å². The summed E-state index contributed by atoms with van der Waals surface area (Å²) in [7, 11) is 0. The minimum atomic E-state index is 0.460. The molecular formula is C17H24Br2O. The Bertz CT molecular complexity index is 413. The lowest BCUT2D eigenvalue weighted by atomic mass is 9.85. The Labute approximate surface area is 139 Å². The first kappa shape index (κ1) is 16.4. The van der Waals surface area contributed by atoms with E-state index in [9.17, 15) is 0 Å². The molecule has 0 amide bonds. The molecule has 1 aromatic rings. The zero-order chi connectivity index (χ0) is 14.4. The van der Waals surface area contributed by atoms with E-state index in [1.54, 1.807) is 0 Å². The summed E-state index contributed by atoms with van der Waals surface area (Å²) in [5.41, 5.74) is 1.35. The molecule has 0 heterocycles. The zero-order valence-corrected chi connectivity index (χ0v) is 15.4. The van der Waals surface area contributed by atoms with Gasteiger partial charge in [0.1, 0.15) is 5.75 Å². The van der Waals surface area contributed by atoms with Gasteiger partial charge in [-0.05, 0) is 52.4 Å². The van der Waals surface area contributed by atoms with Gasteiger partial charge in [-0.2, -0.15) is 0 Å². The number of ether oxygens (including phenoxy) is 1. The summed E-state index contributed by atoms with van der Waals surface area (Å²) in [6.45, 7) is 2.90. The molecule has 1 aliphatic carbocycles. The molecular weight excluding hydrogens is 380 g/mol. The van der Waals surface area contributed by atoms with Crippen molar-refractivity contribution in [2.24, 2.45) is 5.92 Å². The minimum absolute atomic E-state index is 0.460. The molecule has 1 fully saturated rings. The largest absolute Gasteiger partial charge is 0.492 e. The fourth-order valence-corrected chi connectivity index (χ4v) is 4.22. The van der Waals surface area contributed by atoms with Gasteiger partial charge in [0, 0.05) is 4.83 Å². The van der Waals surface area contributed by atoms with Crippen molar-refractivity contribution >= 4 is 31.9 Å². The second-order valence-electron chi connectivity index (χ2n) is 5.75. The molecule has 1 aromatic carbocycles. The average Bonchev–Trinajstić information content (AvgIpc) is 2.47. The standard InChI is InChI=1S/C17H24Br2O/c1-2-10-20-17-9-8-14(12-16(17)19)15(18)11-13-6-4-3-5-7-13/h8-9,12-13,15H,2-7,10-11H2,1H3. The number of rotatable bonds is 6. The lowest BCUT2D eigenvalue weighted by molar-refractivity contribution is 0.315. The highest BCUT2D eigenvalue weighted by Crippen LogP contribution is 2.38. The van der Waals surface area contributed by atoms with Crippen LogP contribution >= 0.6 is 31.9 Å². The summed E-state index contributed by atoms with van der Waals surface area (Å²) in [6, 6.07) is 6.48. The van der Waals surface area contributed by atoms with Crippen LogP contribution in [0.15, 0.2) is 22.7 Å². The lowest BCUT2D eigenvalue weighted by Crippen LogP contribution is -2.08. The maximum atomic E-state index is 5.71. The van der Waals surface area contributed by atoms with Gasteiger partial charge in [-0.15, -0.1) is 0 Å². The van der Waals surface area contributed by atoms with Gasteiger partial charge in [-0.3, -0.25) is 0 Å². The summed E-state index contributed by atoms with van der Waals surface area (Å²) in [4.78, 5) is 0.460.